The van der Waals surface area contributed by atoms with Gasteiger partial charge < -0.3 is 10.5 Å². The van der Waals surface area contributed by atoms with Gasteiger partial charge in [-0.25, -0.2) is 4.39 Å². The van der Waals surface area contributed by atoms with Crippen molar-refractivity contribution in [3.8, 4) is 0 Å². The minimum atomic E-state index is -0.151. The molecule has 0 aliphatic carbocycles. The molecule has 1 heterocycles. The van der Waals surface area contributed by atoms with Crippen LogP contribution in [0.2, 0.25) is 0 Å². The molecule has 1 aliphatic rings. The van der Waals surface area contributed by atoms with Crippen LogP contribution >= 0.6 is 0 Å². The van der Waals surface area contributed by atoms with Crippen LogP contribution in [-0.2, 0) is 11.3 Å². The quantitative estimate of drug-likeness (QED) is 0.907. The highest BCUT2D eigenvalue weighted by molar-refractivity contribution is 5.17. The maximum Gasteiger partial charge on any atom is 0.127 e. The minimum absolute atomic E-state index is 0.0834. The highest BCUT2D eigenvalue weighted by Crippen LogP contribution is 2.30. The summed E-state index contributed by atoms with van der Waals surface area (Å²) in [5.74, 6) is -0.151. The smallest absolute Gasteiger partial charge is 0.127 e. The predicted octanol–water partition coefficient (Wildman–Crippen LogP) is 2.15. The Balaban J connectivity index is 2.13. The van der Waals surface area contributed by atoms with Gasteiger partial charge in [0.2, 0.25) is 0 Å². The summed E-state index contributed by atoms with van der Waals surface area (Å²) in [6.45, 7) is 3.95. The Bertz CT molecular complexity index is 426. The van der Waals surface area contributed by atoms with Crippen LogP contribution in [0.15, 0.2) is 24.3 Å². The van der Waals surface area contributed by atoms with E-state index < -0.39 is 0 Å². The highest BCUT2D eigenvalue weighted by Gasteiger charge is 2.38. The van der Waals surface area contributed by atoms with E-state index >= 15 is 0 Å². The summed E-state index contributed by atoms with van der Waals surface area (Å²) in [5.41, 5.74) is 6.64. The lowest BCUT2D eigenvalue weighted by molar-refractivity contribution is -0.0586. The molecule has 1 fully saturated rings. The van der Waals surface area contributed by atoms with Crippen LogP contribution < -0.4 is 5.73 Å². The van der Waals surface area contributed by atoms with Gasteiger partial charge in [0.1, 0.15) is 5.82 Å². The number of ether oxygens (including phenoxy) is 1. The van der Waals surface area contributed by atoms with Crippen LogP contribution in [0.4, 0.5) is 4.39 Å². The number of nitrogens with two attached hydrogens (primary N) is 1. The molecule has 1 aromatic rings. The van der Waals surface area contributed by atoms with E-state index in [1.54, 1.807) is 6.07 Å². The lowest BCUT2D eigenvalue weighted by atomic mass is 9.85. The average molecular weight is 266 g/mol. The van der Waals surface area contributed by atoms with Gasteiger partial charge in [-0.2, -0.15) is 0 Å². The zero-order chi connectivity index (χ0) is 13.9. The molecule has 0 spiro atoms. The molecular formula is C15H23FN2O. The van der Waals surface area contributed by atoms with Gasteiger partial charge in [-0.15, -0.1) is 0 Å². The second-order valence-corrected chi connectivity index (χ2v) is 5.51. The van der Waals surface area contributed by atoms with Gasteiger partial charge in [0, 0.05) is 30.8 Å². The lowest BCUT2D eigenvalue weighted by Gasteiger charge is -2.46. The maximum atomic E-state index is 13.7. The van der Waals surface area contributed by atoms with Crippen LogP contribution in [0.1, 0.15) is 25.3 Å². The highest BCUT2D eigenvalue weighted by atomic mass is 19.1. The average Bonchev–Trinajstić information content (AvgIpc) is 2.41. The fourth-order valence-corrected chi connectivity index (χ4v) is 2.88. The monoisotopic (exact) mass is 266 g/mol. The molecule has 0 bridgehead atoms. The van der Waals surface area contributed by atoms with Crippen LogP contribution in [0.25, 0.3) is 0 Å². The molecule has 2 rings (SSSR count). The van der Waals surface area contributed by atoms with Crippen molar-refractivity contribution in [1.82, 2.24) is 4.90 Å². The SMILES string of the molecule is CC1CC(CN)(N(C)Cc2ccccc2F)CCO1. The van der Waals surface area contributed by atoms with Crippen LogP contribution in [0.5, 0.6) is 0 Å². The van der Waals surface area contributed by atoms with Gasteiger partial charge in [-0.1, -0.05) is 18.2 Å². The maximum absolute atomic E-state index is 13.7. The van der Waals surface area contributed by atoms with Crippen molar-refractivity contribution < 1.29 is 9.13 Å². The Morgan fingerprint density at radius 3 is 2.84 bits per heavy atom. The number of hydrogen-bond donors (Lipinski definition) is 1. The zero-order valence-electron chi connectivity index (χ0n) is 11.7. The number of hydrogen-bond acceptors (Lipinski definition) is 3. The van der Waals surface area contributed by atoms with Gasteiger partial charge in [-0.3, -0.25) is 4.90 Å². The number of nitrogens with zero attached hydrogens (tertiary/aromatic N) is 1. The first-order valence-corrected chi connectivity index (χ1v) is 6.84. The molecule has 1 aliphatic heterocycles. The van der Waals surface area contributed by atoms with Crippen LogP contribution in [0, 0.1) is 5.82 Å². The summed E-state index contributed by atoms with van der Waals surface area (Å²) in [6, 6.07) is 6.92. The van der Waals surface area contributed by atoms with E-state index in [4.69, 9.17) is 10.5 Å². The third-order valence-corrected chi connectivity index (χ3v) is 4.19. The van der Waals surface area contributed by atoms with Gasteiger partial charge in [0.25, 0.3) is 0 Å². The van der Waals surface area contributed by atoms with Crippen molar-refractivity contribution in [3.63, 3.8) is 0 Å². The first-order chi connectivity index (χ1) is 9.07. The molecule has 2 atom stereocenters. The van der Waals surface area contributed by atoms with E-state index in [9.17, 15) is 4.39 Å². The molecule has 106 valence electrons. The van der Waals surface area contributed by atoms with Crippen LogP contribution in [-0.4, -0.2) is 36.7 Å². The van der Waals surface area contributed by atoms with Gasteiger partial charge in [-0.05, 0) is 32.9 Å². The summed E-state index contributed by atoms with van der Waals surface area (Å²) in [7, 11) is 2.03. The van der Waals surface area contributed by atoms with Crippen molar-refractivity contribution >= 4 is 0 Å². The van der Waals surface area contributed by atoms with E-state index in [1.807, 2.05) is 19.2 Å². The van der Waals surface area contributed by atoms with E-state index in [0.29, 0.717) is 13.1 Å². The van der Waals surface area contributed by atoms with Crippen LogP contribution in [0.3, 0.4) is 0 Å². The van der Waals surface area contributed by atoms with Gasteiger partial charge in [0.05, 0.1) is 6.10 Å². The minimum Gasteiger partial charge on any atom is -0.378 e. The Morgan fingerprint density at radius 1 is 1.47 bits per heavy atom. The first kappa shape index (κ1) is 14.4. The van der Waals surface area contributed by atoms with E-state index in [2.05, 4.69) is 11.8 Å². The number of halogens is 1. The zero-order valence-corrected chi connectivity index (χ0v) is 11.7. The van der Waals surface area contributed by atoms with Gasteiger partial charge in [0.15, 0.2) is 0 Å². The summed E-state index contributed by atoms with van der Waals surface area (Å²) < 4.78 is 19.3. The molecule has 0 radical (unpaired) electrons. The standard InChI is InChI=1S/C15H23FN2O/c1-12-9-15(11-17,7-8-19-12)18(2)10-13-5-3-4-6-14(13)16/h3-6,12H,7-11,17H2,1-2H3. The second-order valence-electron chi connectivity index (χ2n) is 5.51. The van der Waals surface area contributed by atoms with E-state index in [-0.39, 0.29) is 17.5 Å². The Kier molecular flexibility index (Phi) is 4.55. The number of rotatable bonds is 4. The molecule has 1 aromatic carbocycles. The molecule has 3 nitrogen and oxygen atoms in total. The molecule has 4 heteroatoms. The second kappa shape index (κ2) is 5.99. The lowest BCUT2D eigenvalue weighted by Crippen LogP contribution is -2.56. The molecule has 19 heavy (non-hydrogen) atoms. The molecule has 2 unspecified atom stereocenters. The van der Waals surface area contributed by atoms with E-state index in [1.165, 1.54) is 6.07 Å². The molecule has 0 aromatic heterocycles. The Labute approximate surface area is 114 Å². The van der Waals surface area contributed by atoms with Gasteiger partial charge >= 0.3 is 0 Å². The normalized spacial score (nSPS) is 27.7. The molecule has 0 saturated carbocycles. The first-order valence-electron chi connectivity index (χ1n) is 6.84. The molecule has 1 saturated heterocycles. The van der Waals surface area contributed by atoms with Crippen molar-refractivity contribution in [3.05, 3.63) is 35.6 Å². The van der Waals surface area contributed by atoms with Crippen molar-refractivity contribution in [1.29, 1.82) is 0 Å². The summed E-state index contributed by atoms with van der Waals surface area (Å²) in [6.07, 6.45) is 2.01. The third-order valence-electron chi connectivity index (χ3n) is 4.19. The topological polar surface area (TPSA) is 38.5 Å². The van der Waals surface area contributed by atoms with Crippen molar-refractivity contribution in [2.75, 3.05) is 20.2 Å². The fourth-order valence-electron chi connectivity index (χ4n) is 2.88. The largest absolute Gasteiger partial charge is 0.378 e. The molecule has 2 N–H and O–H groups in total. The fraction of sp³-hybridized carbons (Fsp3) is 0.600. The third kappa shape index (κ3) is 3.14. The number of benzene rings is 1. The summed E-state index contributed by atoms with van der Waals surface area (Å²) >= 11 is 0. The summed E-state index contributed by atoms with van der Waals surface area (Å²) in [4.78, 5) is 2.18. The summed E-state index contributed by atoms with van der Waals surface area (Å²) in [5, 5.41) is 0. The number of likely N-dealkylation sites (N-methyl/N-ethyl adjacent to an activating group) is 1. The molecule has 0 amide bonds. The molecular weight excluding hydrogens is 243 g/mol. The van der Waals surface area contributed by atoms with Crippen molar-refractivity contribution in [2.24, 2.45) is 5.73 Å². The van der Waals surface area contributed by atoms with Crippen molar-refractivity contribution in [2.45, 2.75) is 38.0 Å². The predicted molar refractivity (Wildman–Crippen MR) is 74.3 cm³/mol. The Morgan fingerprint density at radius 2 is 2.21 bits per heavy atom. The van der Waals surface area contributed by atoms with E-state index in [0.717, 1.165) is 25.0 Å². The Hall–Kier alpha value is -0.970.